The first-order valence-electron chi connectivity index (χ1n) is 9.62. The van der Waals surface area contributed by atoms with Crippen molar-refractivity contribution < 1.29 is 14.3 Å². The fraction of sp³-hybridized carbons (Fsp3) is 0.550. The van der Waals surface area contributed by atoms with Crippen molar-refractivity contribution in [2.24, 2.45) is 0 Å². The van der Waals surface area contributed by atoms with Crippen LogP contribution in [-0.2, 0) is 4.74 Å². The van der Waals surface area contributed by atoms with E-state index in [1.807, 2.05) is 29.2 Å². The van der Waals surface area contributed by atoms with Gasteiger partial charge >= 0.3 is 0 Å². The van der Waals surface area contributed by atoms with E-state index in [1.54, 1.807) is 0 Å². The van der Waals surface area contributed by atoms with Crippen molar-refractivity contribution in [3.05, 3.63) is 30.0 Å². The molecule has 1 aromatic heterocycles. The maximum absolute atomic E-state index is 12.6. The highest BCUT2D eigenvalue weighted by atomic mass is 16.5. The van der Waals surface area contributed by atoms with Crippen LogP contribution in [0.5, 0.6) is 5.75 Å². The summed E-state index contributed by atoms with van der Waals surface area (Å²) in [5, 5.41) is 1.02. The van der Waals surface area contributed by atoms with Gasteiger partial charge in [0.2, 0.25) is 0 Å². The number of carbonyl (C=O) groups excluding carboxylic acids is 1. The minimum absolute atomic E-state index is 0.0398. The number of fused-ring (bicyclic) bond motifs is 1. The van der Waals surface area contributed by atoms with Crippen molar-refractivity contribution in [3.8, 4) is 5.75 Å². The first-order chi connectivity index (χ1) is 12.7. The molecule has 2 aromatic rings. The lowest BCUT2D eigenvalue weighted by Crippen LogP contribution is -2.40. The number of aromatic nitrogens is 1. The molecular weight excluding hydrogens is 330 g/mol. The molecule has 1 N–H and O–H groups in total. The van der Waals surface area contributed by atoms with Crippen LogP contribution in [0.15, 0.2) is 24.3 Å². The van der Waals surface area contributed by atoms with Gasteiger partial charge in [0.1, 0.15) is 17.5 Å². The molecule has 26 heavy (non-hydrogen) atoms. The molecule has 0 saturated carbocycles. The lowest BCUT2D eigenvalue weighted by molar-refractivity contribution is 0.0299. The van der Waals surface area contributed by atoms with Crippen molar-refractivity contribution in [2.75, 3.05) is 45.9 Å². The Morgan fingerprint density at radius 1 is 1.27 bits per heavy atom. The number of aromatic amines is 1. The number of ether oxygens (including phenoxy) is 2. The zero-order valence-corrected chi connectivity index (χ0v) is 15.4. The van der Waals surface area contributed by atoms with Crippen molar-refractivity contribution in [2.45, 2.75) is 25.9 Å². The van der Waals surface area contributed by atoms with Crippen LogP contribution in [0.4, 0.5) is 0 Å². The Balaban J connectivity index is 1.45. The number of hydrogen-bond donors (Lipinski definition) is 1. The Morgan fingerprint density at radius 3 is 2.92 bits per heavy atom. The molecule has 140 valence electrons. The van der Waals surface area contributed by atoms with Gasteiger partial charge < -0.3 is 19.4 Å². The predicted octanol–water partition coefficient (Wildman–Crippen LogP) is 2.50. The monoisotopic (exact) mass is 357 g/mol. The molecule has 1 atom stereocenters. The number of hydrogen-bond acceptors (Lipinski definition) is 4. The molecule has 6 nitrogen and oxygen atoms in total. The van der Waals surface area contributed by atoms with Crippen LogP contribution in [-0.4, -0.2) is 72.7 Å². The number of nitrogens with zero attached hydrogens (tertiary/aromatic N) is 2. The van der Waals surface area contributed by atoms with E-state index in [4.69, 9.17) is 9.47 Å². The number of likely N-dealkylation sites (tertiary alicyclic amines) is 1. The third-order valence-electron chi connectivity index (χ3n) is 5.19. The normalized spacial score (nSPS) is 21.4. The number of benzene rings is 1. The zero-order chi connectivity index (χ0) is 17.9. The molecule has 2 saturated heterocycles. The van der Waals surface area contributed by atoms with Crippen LogP contribution in [0, 0.1) is 0 Å². The second-order valence-corrected chi connectivity index (χ2v) is 7.17. The van der Waals surface area contributed by atoms with Crippen LogP contribution in [0.3, 0.4) is 0 Å². The minimum Gasteiger partial charge on any atom is -0.489 e. The second kappa shape index (κ2) is 7.68. The third-order valence-corrected chi connectivity index (χ3v) is 5.19. The zero-order valence-electron chi connectivity index (χ0n) is 15.4. The first kappa shape index (κ1) is 17.4. The summed E-state index contributed by atoms with van der Waals surface area (Å²) in [6, 6.07) is 7.95. The fourth-order valence-corrected chi connectivity index (χ4v) is 3.84. The summed E-state index contributed by atoms with van der Waals surface area (Å²) >= 11 is 0. The van der Waals surface area contributed by atoms with Gasteiger partial charge in [-0.25, -0.2) is 0 Å². The second-order valence-electron chi connectivity index (χ2n) is 7.17. The van der Waals surface area contributed by atoms with Gasteiger partial charge in [-0.05, 0) is 43.7 Å². The predicted molar refractivity (Wildman–Crippen MR) is 101 cm³/mol. The van der Waals surface area contributed by atoms with Crippen LogP contribution in [0.25, 0.3) is 10.9 Å². The van der Waals surface area contributed by atoms with Crippen molar-refractivity contribution in [3.63, 3.8) is 0 Å². The minimum atomic E-state index is 0.0398. The molecule has 6 heteroatoms. The van der Waals surface area contributed by atoms with Crippen LogP contribution < -0.4 is 4.74 Å². The molecule has 2 aliphatic heterocycles. The Hall–Kier alpha value is -2.05. The maximum Gasteiger partial charge on any atom is 0.270 e. The highest BCUT2D eigenvalue weighted by Crippen LogP contribution is 2.25. The molecule has 0 radical (unpaired) electrons. The number of carbonyl (C=O) groups is 1. The number of morpholine rings is 1. The van der Waals surface area contributed by atoms with E-state index in [0.717, 1.165) is 42.7 Å². The number of H-pyrrole nitrogens is 1. The topological polar surface area (TPSA) is 57.8 Å². The van der Waals surface area contributed by atoms with Gasteiger partial charge in [0.15, 0.2) is 0 Å². The van der Waals surface area contributed by atoms with E-state index in [0.29, 0.717) is 32.0 Å². The Labute approximate surface area is 154 Å². The highest BCUT2D eigenvalue weighted by Gasteiger charge is 2.24. The summed E-state index contributed by atoms with van der Waals surface area (Å²) in [4.78, 5) is 20.2. The molecule has 3 heterocycles. The molecule has 1 unspecified atom stereocenters. The fourth-order valence-electron chi connectivity index (χ4n) is 3.84. The smallest absolute Gasteiger partial charge is 0.270 e. The molecule has 2 fully saturated rings. The van der Waals surface area contributed by atoms with Gasteiger partial charge in [0.25, 0.3) is 5.91 Å². The van der Waals surface area contributed by atoms with Crippen molar-refractivity contribution >= 4 is 16.8 Å². The van der Waals surface area contributed by atoms with E-state index in [-0.39, 0.29) is 12.0 Å². The number of amides is 1. The van der Waals surface area contributed by atoms with E-state index in [9.17, 15) is 4.79 Å². The lowest BCUT2D eigenvalue weighted by atomic mass is 10.2. The summed E-state index contributed by atoms with van der Waals surface area (Å²) in [6.07, 6.45) is 2.51. The van der Waals surface area contributed by atoms with Gasteiger partial charge in [-0.15, -0.1) is 0 Å². The van der Waals surface area contributed by atoms with E-state index in [2.05, 4.69) is 16.8 Å². The first-order valence-corrected chi connectivity index (χ1v) is 9.62. The van der Waals surface area contributed by atoms with Crippen LogP contribution >= 0.6 is 0 Å². The summed E-state index contributed by atoms with van der Waals surface area (Å²) in [5.41, 5.74) is 1.60. The Bertz CT molecular complexity index is 767. The quantitative estimate of drug-likeness (QED) is 0.893. The molecule has 1 amide bonds. The van der Waals surface area contributed by atoms with Gasteiger partial charge in [-0.1, -0.05) is 6.92 Å². The maximum atomic E-state index is 12.6. The van der Waals surface area contributed by atoms with Gasteiger partial charge in [-0.2, -0.15) is 0 Å². The van der Waals surface area contributed by atoms with Gasteiger partial charge in [0.05, 0.1) is 13.2 Å². The molecule has 4 rings (SSSR count). The van der Waals surface area contributed by atoms with Crippen LogP contribution in [0.2, 0.25) is 0 Å². The summed E-state index contributed by atoms with van der Waals surface area (Å²) in [7, 11) is 0. The molecule has 1 aromatic carbocycles. The van der Waals surface area contributed by atoms with Gasteiger partial charge in [0, 0.05) is 37.1 Å². The molecular formula is C20H27N3O3. The summed E-state index contributed by atoms with van der Waals surface area (Å²) < 4.78 is 11.5. The van der Waals surface area contributed by atoms with Crippen LogP contribution in [0.1, 0.15) is 30.3 Å². The van der Waals surface area contributed by atoms with Gasteiger partial charge in [-0.3, -0.25) is 9.69 Å². The number of nitrogens with one attached hydrogen (secondary N) is 1. The summed E-state index contributed by atoms with van der Waals surface area (Å²) in [5.74, 6) is 0.920. The Kier molecular flexibility index (Phi) is 5.13. The number of rotatable bonds is 5. The molecule has 2 aliphatic rings. The lowest BCUT2D eigenvalue weighted by Gasteiger charge is -2.26. The Morgan fingerprint density at radius 2 is 2.12 bits per heavy atom. The van der Waals surface area contributed by atoms with E-state index in [1.165, 1.54) is 6.42 Å². The van der Waals surface area contributed by atoms with E-state index < -0.39 is 0 Å². The third kappa shape index (κ3) is 3.71. The highest BCUT2D eigenvalue weighted by molar-refractivity contribution is 5.98. The molecule has 0 bridgehead atoms. The molecule has 0 spiro atoms. The van der Waals surface area contributed by atoms with Crippen molar-refractivity contribution in [1.29, 1.82) is 0 Å². The van der Waals surface area contributed by atoms with Crippen molar-refractivity contribution in [1.82, 2.24) is 14.8 Å². The average Bonchev–Trinajstić information content (AvgIpc) is 3.28. The largest absolute Gasteiger partial charge is 0.489 e. The summed E-state index contributed by atoms with van der Waals surface area (Å²) in [6.45, 7) is 7.99. The molecule has 0 aliphatic carbocycles. The van der Waals surface area contributed by atoms with E-state index >= 15 is 0 Å². The SMILES string of the molecule is CCCN1CCC(Oc2ccc3[nH]c(C(=O)N4CCOCC4)cc3c2)C1. The average molecular weight is 357 g/mol. The standard InChI is InChI=1S/C20H27N3O3/c1-2-6-22-7-5-17(14-22)26-16-3-4-18-15(12-16)13-19(21-18)20(24)23-8-10-25-11-9-23/h3-4,12-13,17,21H,2,5-11,14H2,1H3.